The number of carbonyl (C=O) groups is 1. The summed E-state index contributed by atoms with van der Waals surface area (Å²) in [5.41, 5.74) is 0. The summed E-state index contributed by atoms with van der Waals surface area (Å²) in [5, 5.41) is 9.18. The molecule has 0 aromatic rings. The number of amides is 1. The molecule has 0 bridgehead atoms. The van der Waals surface area contributed by atoms with E-state index in [2.05, 4.69) is 4.90 Å². The maximum absolute atomic E-state index is 11.8. The van der Waals surface area contributed by atoms with Crippen LogP contribution in [-0.4, -0.2) is 59.6 Å². The zero-order chi connectivity index (χ0) is 10.1. The summed E-state index contributed by atoms with van der Waals surface area (Å²) in [6.07, 6.45) is 3.06. The van der Waals surface area contributed by atoms with Gasteiger partial charge in [0.1, 0.15) is 0 Å². The number of likely N-dealkylation sites (N-methyl/N-ethyl adjacent to an activating group) is 1. The van der Waals surface area contributed by atoms with E-state index >= 15 is 0 Å². The third-order valence-electron chi connectivity index (χ3n) is 3.43. The van der Waals surface area contributed by atoms with Gasteiger partial charge in [0, 0.05) is 19.6 Å². The van der Waals surface area contributed by atoms with Crippen molar-refractivity contribution in [2.24, 2.45) is 0 Å². The van der Waals surface area contributed by atoms with Crippen LogP contribution in [0.3, 0.4) is 0 Å². The van der Waals surface area contributed by atoms with Gasteiger partial charge in [-0.25, -0.2) is 0 Å². The van der Waals surface area contributed by atoms with Crippen LogP contribution in [0.25, 0.3) is 0 Å². The minimum Gasteiger partial charge on any atom is -0.395 e. The van der Waals surface area contributed by atoms with Gasteiger partial charge in [0.05, 0.1) is 12.6 Å². The molecule has 0 spiro atoms. The molecule has 0 aliphatic carbocycles. The number of hydrogen-bond acceptors (Lipinski definition) is 3. The number of likely N-dealkylation sites (tertiary alicyclic amines) is 2. The molecule has 0 aromatic heterocycles. The van der Waals surface area contributed by atoms with Crippen molar-refractivity contribution in [1.29, 1.82) is 0 Å². The summed E-state index contributed by atoms with van der Waals surface area (Å²) in [5.74, 6) is 0.227. The highest BCUT2D eigenvalue weighted by atomic mass is 16.3. The molecule has 4 heteroatoms. The normalized spacial score (nSPS) is 34.4. The molecule has 2 fully saturated rings. The highest BCUT2D eigenvalue weighted by molar-refractivity contribution is 5.83. The highest BCUT2D eigenvalue weighted by Crippen LogP contribution is 2.25. The number of rotatable bonds is 2. The Bertz CT molecular complexity index is 232. The topological polar surface area (TPSA) is 43.8 Å². The smallest absolute Gasteiger partial charge is 0.239 e. The Morgan fingerprint density at radius 1 is 1.43 bits per heavy atom. The van der Waals surface area contributed by atoms with Gasteiger partial charge in [0.2, 0.25) is 5.91 Å². The average molecular weight is 198 g/mol. The summed E-state index contributed by atoms with van der Waals surface area (Å²) in [4.78, 5) is 15.7. The Morgan fingerprint density at radius 2 is 2.21 bits per heavy atom. The second-order valence-electron chi connectivity index (χ2n) is 4.28. The van der Waals surface area contributed by atoms with Crippen molar-refractivity contribution in [3.8, 4) is 0 Å². The van der Waals surface area contributed by atoms with Gasteiger partial charge < -0.3 is 10.0 Å². The van der Waals surface area contributed by atoms with E-state index in [1.54, 1.807) is 4.90 Å². The molecule has 2 atom stereocenters. The van der Waals surface area contributed by atoms with Crippen LogP contribution in [0.4, 0.5) is 0 Å². The van der Waals surface area contributed by atoms with Crippen molar-refractivity contribution >= 4 is 5.91 Å². The third-order valence-corrected chi connectivity index (χ3v) is 3.43. The van der Waals surface area contributed by atoms with Crippen molar-refractivity contribution in [2.45, 2.75) is 31.3 Å². The first-order chi connectivity index (χ1) is 6.74. The largest absolute Gasteiger partial charge is 0.395 e. The van der Waals surface area contributed by atoms with E-state index in [-0.39, 0.29) is 24.6 Å². The maximum Gasteiger partial charge on any atom is 0.239 e. The Hall–Kier alpha value is -0.610. The molecule has 2 rings (SSSR count). The van der Waals surface area contributed by atoms with Crippen LogP contribution in [0.2, 0.25) is 0 Å². The van der Waals surface area contributed by atoms with Crippen LogP contribution in [0.1, 0.15) is 19.3 Å². The molecule has 2 aliphatic rings. The number of hydrogen-bond donors (Lipinski definition) is 1. The first-order valence-electron chi connectivity index (χ1n) is 5.35. The van der Waals surface area contributed by atoms with Gasteiger partial charge >= 0.3 is 0 Å². The highest BCUT2D eigenvalue weighted by Gasteiger charge is 2.38. The first-order valence-corrected chi connectivity index (χ1v) is 5.35. The number of aliphatic hydroxyl groups excluding tert-OH is 1. The molecule has 1 N–H and O–H groups in total. The standard InChI is InChI=1S/C10H18N2O2/c1-11-6-4-9(10(11)14)12-5-2-3-8(12)7-13/h8-9,13H,2-7H2,1H3/t8-,9?/m0/s1. The molecule has 0 radical (unpaired) electrons. The Balaban J connectivity index is 2.04. The van der Waals surface area contributed by atoms with Crippen LogP contribution in [-0.2, 0) is 4.79 Å². The second-order valence-corrected chi connectivity index (χ2v) is 4.28. The Kier molecular flexibility index (Phi) is 2.74. The molecule has 0 saturated carbocycles. The van der Waals surface area contributed by atoms with Gasteiger partial charge in [-0.15, -0.1) is 0 Å². The van der Waals surface area contributed by atoms with Crippen LogP contribution >= 0.6 is 0 Å². The average Bonchev–Trinajstić information content (AvgIpc) is 2.75. The van der Waals surface area contributed by atoms with Crippen LogP contribution in [0.15, 0.2) is 0 Å². The van der Waals surface area contributed by atoms with Crippen LogP contribution in [0, 0.1) is 0 Å². The fourth-order valence-corrected chi connectivity index (χ4v) is 2.58. The molecule has 2 saturated heterocycles. The number of aliphatic hydroxyl groups is 1. The molecule has 1 unspecified atom stereocenters. The fourth-order valence-electron chi connectivity index (χ4n) is 2.58. The van der Waals surface area contributed by atoms with Crippen molar-refractivity contribution in [1.82, 2.24) is 9.80 Å². The molecular formula is C10H18N2O2. The van der Waals surface area contributed by atoms with E-state index in [1.807, 2.05) is 7.05 Å². The van der Waals surface area contributed by atoms with Crippen molar-refractivity contribution in [3.63, 3.8) is 0 Å². The molecule has 0 aromatic carbocycles. The molecule has 4 nitrogen and oxygen atoms in total. The monoisotopic (exact) mass is 198 g/mol. The summed E-state index contributed by atoms with van der Waals surface area (Å²) >= 11 is 0. The summed E-state index contributed by atoms with van der Waals surface area (Å²) in [7, 11) is 1.85. The number of carbonyl (C=O) groups excluding carboxylic acids is 1. The first kappa shape index (κ1) is 9.93. The molecule has 2 aliphatic heterocycles. The second kappa shape index (κ2) is 3.87. The summed E-state index contributed by atoms with van der Waals surface area (Å²) in [6, 6.07) is 0.259. The lowest BCUT2D eigenvalue weighted by molar-refractivity contribution is -0.131. The minimum atomic E-state index is 0.0413. The Morgan fingerprint density at radius 3 is 2.79 bits per heavy atom. The van der Waals surface area contributed by atoms with E-state index in [4.69, 9.17) is 0 Å². The Labute approximate surface area is 84.5 Å². The van der Waals surface area contributed by atoms with Gasteiger partial charge in [0.15, 0.2) is 0 Å². The van der Waals surface area contributed by atoms with Gasteiger partial charge in [-0.3, -0.25) is 9.69 Å². The quantitative estimate of drug-likeness (QED) is 0.661. The third kappa shape index (κ3) is 1.53. The van der Waals surface area contributed by atoms with Gasteiger partial charge in [-0.1, -0.05) is 0 Å². The SMILES string of the molecule is CN1CCC(N2CCC[C@H]2CO)C1=O. The van der Waals surface area contributed by atoms with Crippen LogP contribution < -0.4 is 0 Å². The van der Waals surface area contributed by atoms with Crippen molar-refractivity contribution < 1.29 is 9.90 Å². The molecule has 2 heterocycles. The van der Waals surface area contributed by atoms with Gasteiger partial charge in [-0.05, 0) is 25.8 Å². The lowest BCUT2D eigenvalue weighted by Crippen LogP contribution is -2.45. The lowest BCUT2D eigenvalue weighted by atomic mass is 10.1. The van der Waals surface area contributed by atoms with E-state index in [1.165, 1.54) is 0 Å². The summed E-state index contributed by atoms with van der Waals surface area (Å²) < 4.78 is 0. The van der Waals surface area contributed by atoms with E-state index in [9.17, 15) is 9.90 Å². The number of nitrogens with zero attached hydrogens (tertiary/aromatic N) is 2. The van der Waals surface area contributed by atoms with Gasteiger partial charge in [-0.2, -0.15) is 0 Å². The molecule has 14 heavy (non-hydrogen) atoms. The fraction of sp³-hybridized carbons (Fsp3) is 0.900. The predicted octanol–water partition coefficient (Wildman–Crippen LogP) is -0.326. The minimum absolute atomic E-state index is 0.0413. The van der Waals surface area contributed by atoms with E-state index < -0.39 is 0 Å². The predicted molar refractivity (Wildman–Crippen MR) is 52.9 cm³/mol. The molecule has 1 amide bonds. The molecular weight excluding hydrogens is 180 g/mol. The van der Waals surface area contributed by atoms with Gasteiger partial charge in [0.25, 0.3) is 0 Å². The van der Waals surface area contributed by atoms with E-state index in [0.29, 0.717) is 0 Å². The van der Waals surface area contributed by atoms with Crippen molar-refractivity contribution in [3.05, 3.63) is 0 Å². The zero-order valence-electron chi connectivity index (χ0n) is 8.65. The molecule has 80 valence electrons. The summed E-state index contributed by atoms with van der Waals surface area (Å²) in [6.45, 7) is 2.01. The van der Waals surface area contributed by atoms with Crippen molar-refractivity contribution in [2.75, 3.05) is 26.7 Å². The zero-order valence-corrected chi connectivity index (χ0v) is 8.65. The van der Waals surface area contributed by atoms with Crippen LogP contribution in [0.5, 0.6) is 0 Å². The lowest BCUT2D eigenvalue weighted by Gasteiger charge is -2.27. The van der Waals surface area contributed by atoms with E-state index in [0.717, 1.165) is 32.4 Å². The maximum atomic E-state index is 11.8.